The molecule has 0 fully saturated rings. The number of carboxylic acid groups (broad SMARTS) is 1. The fourth-order valence-corrected chi connectivity index (χ4v) is 1.91. The molecule has 120 valence electrons. The summed E-state index contributed by atoms with van der Waals surface area (Å²) in [4.78, 5) is 22.8. The molecule has 0 aliphatic rings. The van der Waals surface area contributed by atoms with E-state index in [1.54, 1.807) is 30.3 Å². The van der Waals surface area contributed by atoms with Crippen molar-refractivity contribution in [2.45, 2.75) is 6.92 Å². The summed E-state index contributed by atoms with van der Waals surface area (Å²) in [5.74, 6) is -0.402. The lowest BCUT2D eigenvalue weighted by Crippen LogP contribution is -2.20. The first-order valence-corrected chi connectivity index (χ1v) is 7.08. The molecule has 0 spiro atoms. The number of anilines is 1. The van der Waals surface area contributed by atoms with Crippen molar-refractivity contribution in [3.63, 3.8) is 0 Å². The average molecular weight is 315 g/mol. The van der Waals surface area contributed by atoms with E-state index in [0.29, 0.717) is 23.8 Å². The summed E-state index contributed by atoms with van der Waals surface area (Å²) >= 11 is 0. The molecule has 0 unspecified atom stereocenters. The summed E-state index contributed by atoms with van der Waals surface area (Å²) in [6.45, 7) is 2.15. The monoisotopic (exact) mass is 315 g/mol. The van der Waals surface area contributed by atoms with Crippen molar-refractivity contribution in [3.05, 3.63) is 54.1 Å². The molecule has 2 aromatic carbocycles. The van der Waals surface area contributed by atoms with Crippen LogP contribution >= 0.6 is 0 Å². The van der Waals surface area contributed by atoms with Crippen LogP contribution in [0.15, 0.2) is 48.5 Å². The molecule has 0 radical (unpaired) electrons. The molecule has 0 aliphatic carbocycles. The van der Waals surface area contributed by atoms with Crippen LogP contribution in [0.1, 0.15) is 17.3 Å². The Bertz CT molecular complexity index is 699. The maximum atomic E-state index is 11.9. The van der Waals surface area contributed by atoms with Crippen molar-refractivity contribution < 1.29 is 24.2 Å². The predicted molar refractivity (Wildman–Crippen MR) is 85.1 cm³/mol. The fourth-order valence-electron chi connectivity index (χ4n) is 1.91. The highest BCUT2D eigenvalue weighted by Gasteiger charge is 2.09. The molecule has 2 aromatic rings. The molecule has 0 aliphatic heterocycles. The number of rotatable bonds is 7. The Hall–Kier alpha value is -3.02. The van der Waals surface area contributed by atoms with Crippen LogP contribution in [0.5, 0.6) is 11.5 Å². The van der Waals surface area contributed by atoms with Crippen molar-refractivity contribution in [2.75, 3.05) is 18.5 Å². The van der Waals surface area contributed by atoms with Crippen molar-refractivity contribution in [2.24, 2.45) is 0 Å². The summed E-state index contributed by atoms with van der Waals surface area (Å²) in [5.41, 5.74) is 0.502. The molecule has 0 saturated carbocycles. The lowest BCUT2D eigenvalue weighted by Gasteiger charge is -2.11. The molecule has 1 amide bonds. The van der Waals surface area contributed by atoms with Crippen LogP contribution < -0.4 is 14.8 Å². The topological polar surface area (TPSA) is 84.9 Å². The molecule has 2 rings (SSSR count). The van der Waals surface area contributed by atoms with Crippen LogP contribution in [0.4, 0.5) is 5.69 Å². The zero-order chi connectivity index (χ0) is 16.7. The largest absolute Gasteiger partial charge is 0.490 e. The van der Waals surface area contributed by atoms with Crippen molar-refractivity contribution in [1.29, 1.82) is 0 Å². The number of hydrogen-bond acceptors (Lipinski definition) is 4. The Balaban J connectivity index is 1.95. The normalized spacial score (nSPS) is 9.96. The van der Waals surface area contributed by atoms with E-state index in [4.69, 9.17) is 14.6 Å². The Labute approximate surface area is 133 Å². The van der Waals surface area contributed by atoms with Gasteiger partial charge in [0.05, 0.1) is 12.2 Å². The van der Waals surface area contributed by atoms with Gasteiger partial charge in [-0.1, -0.05) is 18.2 Å². The smallest absolute Gasteiger partial charge is 0.335 e. The van der Waals surface area contributed by atoms with Gasteiger partial charge in [0.15, 0.2) is 18.1 Å². The molecule has 6 heteroatoms. The number of aromatic carboxylic acids is 1. The van der Waals surface area contributed by atoms with Gasteiger partial charge in [-0.2, -0.15) is 0 Å². The van der Waals surface area contributed by atoms with E-state index in [0.717, 1.165) is 0 Å². The van der Waals surface area contributed by atoms with Crippen LogP contribution in [0.25, 0.3) is 0 Å². The van der Waals surface area contributed by atoms with Crippen molar-refractivity contribution in [1.82, 2.24) is 0 Å². The molecule has 23 heavy (non-hydrogen) atoms. The first kappa shape index (κ1) is 16.4. The van der Waals surface area contributed by atoms with Gasteiger partial charge in [-0.3, -0.25) is 4.79 Å². The Kier molecular flexibility index (Phi) is 5.57. The number of amides is 1. The number of ether oxygens (including phenoxy) is 2. The lowest BCUT2D eigenvalue weighted by molar-refractivity contribution is -0.118. The summed E-state index contributed by atoms with van der Waals surface area (Å²) < 4.78 is 10.9. The van der Waals surface area contributed by atoms with E-state index in [2.05, 4.69) is 5.32 Å². The molecular formula is C17H17NO5. The fraction of sp³-hybridized carbons (Fsp3) is 0.176. The van der Waals surface area contributed by atoms with Gasteiger partial charge < -0.3 is 19.9 Å². The highest BCUT2D eigenvalue weighted by atomic mass is 16.5. The van der Waals surface area contributed by atoms with Gasteiger partial charge >= 0.3 is 5.97 Å². The SMILES string of the molecule is CCOc1ccccc1OCC(=O)Nc1cccc(C(=O)O)c1. The number of carboxylic acids is 1. The second kappa shape index (κ2) is 7.84. The van der Waals surface area contributed by atoms with Crippen molar-refractivity contribution >= 4 is 17.6 Å². The van der Waals surface area contributed by atoms with E-state index in [1.165, 1.54) is 12.1 Å². The molecule has 0 heterocycles. The average Bonchev–Trinajstić information content (AvgIpc) is 2.54. The first-order valence-electron chi connectivity index (χ1n) is 7.08. The number of hydrogen-bond donors (Lipinski definition) is 2. The Morgan fingerprint density at radius 3 is 2.39 bits per heavy atom. The van der Waals surface area contributed by atoms with Crippen LogP contribution in [0, 0.1) is 0 Å². The second-order valence-electron chi connectivity index (χ2n) is 4.60. The van der Waals surface area contributed by atoms with Crippen LogP contribution in [-0.2, 0) is 4.79 Å². The predicted octanol–water partition coefficient (Wildman–Crippen LogP) is 2.80. The van der Waals surface area contributed by atoms with Gasteiger partial charge in [-0.25, -0.2) is 4.79 Å². The molecule has 2 N–H and O–H groups in total. The van der Waals surface area contributed by atoms with Gasteiger partial charge in [0, 0.05) is 5.69 Å². The number of benzene rings is 2. The summed E-state index contributed by atoms with van der Waals surface area (Å²) in [6.07, 6.45) is 0. The standard InChI is InChI=1S/C17H17NO5/c1-2-22-14-8-3-4-9-15(14)23-11-16(19)18-13-7-5-6-12(10-13)17(20)21/h3-10H,2,11H2,1H3,(H,18,19)(H,20,21). The minimum absolute atomic E-state index is 0.102. The van der Waals surface area contributed by atoms with Gasteiger partial charge in [0.2, 0.25) is 0 Å². The maximum Gasteiger partial charge on any atom is 0.335 e. The second-order valence-corrected chi connectivity index (χ2v) is 4.60. The van der Waals surface area contributed by atoms with Gasteiger partial charge in [-0.15, -0.1) is 0 Å². The zero-order valence-electron chi connectivity index (χ0n) is 12.6. The van der Waals surface area contributed by atoms with Crippen LogP contribution in [0.2, 0.25) is 0 Å². The summed E-state index contributed by atoms with van der Waals surface area (Å²) in [7, 11) is 0. The quantitative estimate of drug-likeness (QED) is 0.820. The molecule has 0 bridgehead atoms. The summed E-state index contributed by atoms with van der Waals surface area (Å²) in [5, 5.41) is 11.5. The highest BCUT2D eigenvalue weighted by molar-refractivity contribution is 5.94. The van der Waals surface area contributed by atoms with E-state index < -0.39 is 5.97 Å². The van der Waals surface area contributed by atoms with E-state index in [1.807, 2.05) is 13.0 Å². The number of carbonyl (C=O) groups excluding carboxylic acids is 1. The molecular weight excluding hydrogens is 298 g/mol. The molecule has 0 aromatic heterocycles. The number of nitrogens with one attached hydrogen (secondary N) is 1. The Morgan fingerprint density at radius 1 is 1.04 bits per heavy atom. The van der Waals surface area contributed by atoms with E-state index >= 15 is 0 Å². The van der Waals surface area contributed by atoms with Gasteiger partial charge in [0.25, 0.3) is 5.91 Å². The van der Waals surface area contributed by atoms with Gasteiger partial charge in [-0.05, 0) is 37.3 Å². The number of carbonyl (C=O) groups is 2. The van der Waals surface area contributed by atoms with Gasteiger partial charge in [0.1, 0.15) is 0 Å². The molecule has 0 atom stereocenters. The summed E-state index contributed by atoms with van der Waals surface area (Å²) in [6, 6.07) is 13.1. The third-order valence-corrected chi connectivity index (χ3v) is 2.90. The minimum Gasteiger partial charge on any atom is -0.490 e. The highest BCUT2D eigenvalue weighted by Crippen LogP contribution is 2.26. The molecule has 6 nitrogen and oxygen atoms in total. The third-order valence-electron chi connectivity index (χ3n) is 2.90. The zero-order valence-corrected chi connectivity index (χ0v) is 12.6. The van der Waals surface area contributed by atoms with Crippen LogP contribution in [-0.4, -0.2) is 30.2 Å². The van der Waals surface area contributed by atoms with Crippen molar-refractivity contribution in [3.8, 4) is 11.5 Å². The molecule has 0 saturated heterocycles. The maximum absolute atomic E-state index is 11.9. The van der Waals surface area contributed by atoms with E-state index in [-0.39, 0.29) is 18.1 Å². The lowest BCUT2D eigenvalue weighted by atomic mass is 10.2. The third kappa shape index (κ3) is 4.74. The minimum atomic E-state index is -1.05. The Morgan fingerprint density at radius 2 is 1.74 bits per heavy atom. The number of para-hydroxylation sites is 2. The van der Waals surface area contributed by atoms with E-state index in [9.17, 15) is 9.59 Å². The van der Waals surface area contributed by atoms with Crippen LogP contribution in [0.3, 0.4) is 0 Å². The first-order chi connectivity index (χ1) is 11.1.